The second kappa shape index (κ2) is 13.7. The monoisotopic (exact) mass is 538 g/mol. The van der Waals surface area contributed by atoms with Crippen molar-refractivity contribution >= 4 is 29.3 Å². The molecule has 4 aromatic carbocycles. The van der Waals surface area contributed by atoms with Gasteiger partial charge >= 0.3 is 5.97 Å². The van der Waals surface area contributed by atoms with E-state index in [1.165, 1.54) is 5.56 Å². The highest BCUT2D eigenvalue weighted by atomic mass is 32.2. The molecule has 1 unspecified atom stereocenters. The number of para-hydroxylation sites is 1. The lowest BCUT2D eigenvalue weighted by Gasteiger charge is -2.26. The summed E-state index contributed by atoms with van der Waals surface area (Å²) in [4.78, 5) is 27.6. The lowest BCUT2D eigenvalue weighted by atomic mass is 9.93. The number of carboxylic acid groups (broad SMARTS) is 1. The molecule has 0 saturated heterocycles. The largest absolute Gasteiger partial charge is 0.480 e. The number of rotatable bonds is 12. The van der Waals surface area contributed by atoms with Gasteiger partial charge in [-0.2, -0.15) is 11.8 Å². The van der Waals surface area contributed by atoms with Crippen LogP contribution in [0.1, 0.15) is 33.5 Å². The number of aryl methyl sites for hydroxylation is 1. The Morgan fingerprint density at radius 2 is 1.46 bits per heavy atom. The molecule has 1 amide bonds. The number of anilines is 1. The molecule has 6 heteroatoms. The maximum Gasteiger partial charge on any atom is 0.326 e. The van der Waals surface area contributed by atoms with Gasteiger partial charge in [0.1, 0.15) is 6.04 Å². The van der Waals surface area contributed by atoms with Crippen LogP contribution >= 0.6 is 11.8 Å². The second-order valence-corrected chi connectivity index (χ2v) is 10.5. The molecule has 4 aromatic rings. The Labute approximate surface area is 234 Å². The van der Waals surface area contributed by atoms with Gasteiger partial charge in [-0.3, -0.25) is 4.79 Å². The average Bonchev–Trinajstić information content (AvgIpc) is 2.96. The average molecular weight is 539 g/mol. The summed E-state index contributed by atoms with van der Waals surface area (Å²) in [6.45, 7) is 3.40. The van der Waals surface area contributed by atoms with Gasteiger partial charge in [-0.1, -0.05) is 78.9 Å². The summed E-state index contributed by atoms with van der Waals surface area (Å²) in [6.07, 6.45) is 2.29. The van der Waals surface area contributed by atoms with E-state index >= 15 is 0 Å². The zero-order valence-corrected chi connectivity index (χ0v) is 23.2. The molecule has 0 heterocycles. The third kappa shape index (κ3) is 7.52. The molecule has 0 aliphatic carbocycles. The Kier molecular flexibility index (Phi) is 9.81. The van der Waals surface area contributed by atoms with E-state index in [4.69, 9.17) is 0 Å². The van der Waals surface area contributed by atoms with E-state index in [2.05, 4.69) is 40.5 Å². The highest BCUT2D eigenvalue weighted by molar-refractivity contribution is 7.98. The predicted octanol–water partition coefficient (Wildman–Crippen LogP) is 6.80. The second-order valence-electron chi connectivity index (χ2n) is 9.52. The number of carboxylic acids is 1. The number of nitrogens with zero attached hydrogens (tertiary/aromatic N) is 1. The number of amides is 1. The summed E-state index contributed by atoms with van der Waals surface area (Å²) in [7, 11) is 0. The molecule has 200 valence electrons. The number of carbonyl (C=O) groups is 2. The minimum Gasteiger partial charge on any atom is -0.480 e. The van der Waals surface area contributed by atoms with Gasteiger partial charge in [-0.25, -0.2) is 4.79 Å². The number of nitrogens with one attached hydrogen (secondary N) is 1. The van der Waals surface area contributed by atoms with Gasteiger partial charge in [-0.15, -0.1) is 0 Å². The molecule has 5 nitrogen and oxygen atoms in total. The molecule has 0 fully saturated rings. The van der Waals surface area contributed by atoms with E-state index in [9.17, 15) is 14.7 Å². The van der Waals surface area contributed by atoms with E-state index in [1.807, 2.05) is 86.0 Å². The fraction of sp³-hybridized carbons (Fsp3) is 0.212. The summed E-state index contributed by atoms with van der Waals surface area (Å²) in [5.74, 6) is -0.749. The van der Waals surface area contributed by atoms with Gasteiger partial charge in [0.2, 0.25) is 0 Å². The minimum absolute atomic E-state index is 0.367. The summed E-state index contributed by atoms with van der Waals surface area (Å²) in [5.41, 5.74) is 6.64. The van der Waals surface area contributed by atoms with E-state index in [1.54, 1.807) is 11.8 Å². The number of carbonyl (C=O) groups excluding carboxylic acids is 1. The zero-order valence-electron chi connectivity index (χ0n) is 22.3. The van der Waals surface area contributed by atoms with Crippen LogP contribution in [0.4, 0.5) is 5.69 Å². The molecule has 0 aliphatic rings. The number of benzene rings is 4. The Morgan fingerprint density at radius 1 is 0.821 bits per heavy atom. The van der Waals surface area contributed by atoms with Crippen molar-refractivity contribution in [1.82, 2.24) is 5.32 Å². The van der Waals surface area contributed by atoms with E-state index in [0.29, 0.717) is 24.3 Å². The van der Waals surface area contributed by atoms with Crippen LogP contribution in [0.25, 0.3) is 11.1 Å². The van der Waals surface area contributed by atoms with Gasteiger partial charge in [0.15, 0.2) is 0 Å². The van der Waals surface area contributed by atoms with Crippen LogP contribution in [0.15, 0.2) is 103 Å². The van der Waals surface area contributed by atoms with Crippen molar-refractivity contribution in [2.45, 2.75) is 32.5 Å². The van der Waals surface area contributed by atoms with Gasteiger partial charge in [0, 0.05) is 24.3 Å². The summed E-state index contributed by atoms with van der Waals surface area (Å²) in [5, 5.41) is 12.4. The van der Waals surface area contributed by atoms with E-state index in [-0.39, 0.29) is 5.91 Å². The highest BCUT2D eigenvalue weighted by Crippen LogP contribution is 2.30. The fourth-order valence-electron chi connectivity index (χ4n) is 4.62. The van der Waals surface area contributed by atoms with Gasteiger partial charge < -0.3 is 15.3 Å². The molecule has 4 rings (SSSR count). The van der Waals surface area contributed by atoms with Crippen molar-refractivity contribution in [2.75, 3.05) is 16.9 Å². The van der Waals surface area contributed by atoms with Crippen LogP contribution in [-0.4, -0.2) is 35.0 Å². The Balaban J connectivity index is 1.70. The third-order valence-electron chi connectivity index (χ3n) is 6.69. The summed E-state index contributed by atoms with van der Waals surface area (Å²) < 4.78 is 0. The van der Waals surface area contributed by atoms with Gasteiger partial charge in [0.05, 0.1) is 0 Å². The standard InChI is InChI=1S/C33H34N2O3S/c1-24-11-9-10-16-28(24)30-21-26(17-18-29(30)32(36)34-31(33(37)38)19-20-39-2)23-35(27-14-7-4-8-15-27)22-25-12-5-3-6-13-25/h3-18,21,31H,19-20,22-23H2,1-2H3,(H,34,36)(H,37,38). The van der Waals surface area contributed by atoms with Crippen molar-refractivity contribution in [2.24, 2.45) is 0 Å². The molecule has 0 bridgehead atoms. The van der Waals surface area contributed by atoms with Crippen LogP contribution in [0.2, 0.25) is 0 Å². The van der Waals surface area contributed by atoms with Crippen LogP contribution < -0.4 is 10.2 Å². The first-order valence-electron chi connectivity index (χ1n) is 13.0. The van der Waals surface area contributed by atoms with Crippen molar-refractivity contribution in [3.8, 4) is 11.1 Å². The Hall–Kier alpha value is -4.03. The van der Waals surface area contributed by atoms with Crippen LogP contribution in [0.3, 0.4) is 0 Å². The van der Waals surface area contributed by atoms with Crippen molar-refractivity contribution in [1.29, 1.82) is 0 Å². The maximum absolute atomic E-state index is 13.4. The van der Waals surface area contributed by atoms with E-state index < -0.39 is 12.0 Å². The molecule has 0 saturated carbocycles. The molecular weight excluding hydrogens is 504 g/mol. The molecule has 0 spiro atoms. The maximum atomic E-state index is 13.4. The fourth-order valence-corrected chi connectivity index (χ4v) is 5.09. The van der Waals surface area contributed by atoms with Crippen molar-refractivity contribution in [3.63, 3.8) is 0 Å². The molecule has 0 radical (unpaired) electrons. The zero-order chi connectivity index (χ0) is 27.6. The predicted molar refractivity (Wildman–Crippen MR) is 161 cm³/mol. The van der Waals surface area contributed by atoms with E-state index in [0.717, 1.165) is 34.5 Å². The number of aliphatic carboxylic acids is 1. The normalized spacial score (nSPS) is 11.5. The summed E-state index contributed by atoms with van der Waals surface area (Å²) >= 11 is 1.56. The Bertz CT molecular complexity index is 1390. The van der Waals surface area contributed by atoms with Gasteiger partial charge in [0.25, 0.3) is 5.91 Å². The lowest BCUT2D eigenvalue weighted by Crippen LogP contribution is -2.41. The highest BCUT2D eigenvalue weighted by Gasteiger charge is 2.23. The molecule has 1 atom stereocenters. The SMILES string of the molecule is CSCCC(NC(=O)c1ccc(CN(Cc2ccccc2)c2ccccc2)cc1-c1ccccc1C)C(=O)O. The molecule has 0 aromatic heterocycles. The molecule has 0 aliphatic heterocycles. The van der Waals surface area contributed by atoms with Crippen LogP contribution in [0.5, 0.6) is 0 Å². The number of hydrogen-bond donors (Lipinski definition) is 2. The summed E-state index contributed by atoms with van der Waals surface area (Å²) in [6, 6.07) is 33.5. The van der Waals surface area contributed by atoms with Gasteiger partial charge in [-0.05, 0) is 77.4 Å². The topological polar surface area (TPSA) is 69.6 Å². The Morgan fingerprint density at radius 3 is 2.13 bits per heavy atom. The lowest BCUT2D eigenvalue weighted by molar-refractivity contribution is -0.139. The van der Waals surface area contributed by atoms with Crippen molar-refractivity contribution < 1.29 is 14.7 Å². The van der Waals surface area contributed by atoms with Crippen LogP contribution in [0, 0.1) is 6.92 Å². The number of hydrogen-bond acceptors (Lipinski definition) is 4. The number of thioether (sulfide) groups is 1. The first kappa shape index (κ1) is 28.0. The smallest absolute Gasteiger partial charge is 0.326 e. The molecule has 2 N–H and O–H groups in total. The first-order valence-corrected chi connectivity index (χ1v) is 14.4. The van der Waals surface area contributed by atoms with Crippen molar-refractivity contribution in [3.05, 3.63) is 125 Å². The van der Waals surface area contributed by atoms with Crippen LogP contribution in [-0.2, 0) is 17.9 Å². The first-order chi connectivity index (χ1) is 19.0. The third-order valence-corrected chi connectivity index (χ3v) is 7.33. The quantitative estimate of drug-likeness (QED) is 0.207. The molecule has 39 heavy (non-hydrogen) atoms. The minimum atomic E-state index is -1.02. The molecular formula is C33H34N2O3S.